The Kier molecular flexibility index (Phi) is 4.75. The zero-order valence-corrected chi connectivity index (χ0v) is 12.0. The van der Waals surface area contributed by atoms with Crippen molar-refractivity contribution < 1.29 is 18.0 Å². The van der Waals surface area contributed by atoms with E-state index in [0.717, 1.165) is 12.5 Å². The first-order chi connectivity index (χ1) is 9.93. The highest BCUT2D eigenvalue weighted by atomic mass is 19.4. The molecule has 0 bridgehead atoms. The van der Waals surface area contributed by atoms with Crippen LogP contribution in [0.3, 0.4) is 0 Å². The number of hydrogen-bond acceptors (Lipinski definition) is 2. The Balaban J connectivity index is 2.08. The SMILES string of the molecule is CCCC(=O)N1CCN(c2ccccc2C(F)(F)F)CC1. The van der Waals surface area contributed by atoms with E-state index in [1.54, 1.807) is 15.9 Å². The first-order valence-corrected chi connectivity index (χ1v) is 7.12. The van der Waals surface area contributed by atoms with Crippen LogP contribution in [0, 0.1) is 0 Å². The lowest BCUT2D eigenvalue weighted by molar-refractivity contribution is -0.137. The normalized spacial score (nSPS) is 16.2. The zero-order chi connectivity index (χ0) is 15.5. The number of hydrogen-bond donors (Lipinski definition) is 0. The molecule has 21 heavy (non-hydrogen) atoms. The van der Waals surface area contributed by atoms with Crippen LogP contribution >= 0.6 is 0 Å². The second kappa shape index (κ2) is 6.37. The number of carbonyl (C=O) groups is 1. The van der Waals surface area contributed by atoms with E-state index in [2.05, 4.69) is 0 Å². The summed E-state index contributed by atoms with van der Waals surface area (Å²) in [5.74, 6) is 0.0845. The van der Waals surface area contributed by atoms with E-state index in [0.29, 0.717) is 32.6 Å². The highest BCUT2D eigenvalue weighted by molar-refractivity contribution is 5.76. The van der Waals surface area contributed by atoms with Crippen LogP contribution in [0.15, 0.2) is 24.3 Å². The van der Waals surface area contributed by atoms with Crippen molar-refractivity contribution in [1.29, 1.82) is 0 Å². The molecule has 0 aliphatic carbocycles. The van der Waals surface area contributed by atoms with E-state index in [9.17, 15) is 18.0 Å². The molecule has 0 spiro atoms. The number of halogens is 3. The zero-order valence-electron chi connectivity index (χ0n) is 12.0. The first kappa shape index (κ1) is 15.7. The van der Waals surface area contributed by atoms with E-state index in [1.165, 1.54) is 12.1 Å². The fourth-order valence-electron chi connectivity index (χ4n) is 2.56. The predicted molar refractivity (Wildman–Crippen MR) is 75.1 cm³/mol. The lowest BCUT2D eigenvalue weighted by Crippen LogP contribution is -2.49. The molecule has 1 aliphatic rings. The Labute approximate surface area is 122 Å². The van der Waals surface area contributed by atoms with E-state index < -0.39 is 11.7 Å². The summed E-state index contributed by atoms with van der Waals surface area (Å²) in [4.78, 5) is 15.2. The molecule has 116 valence electrons. The van der Waals surface area contributed by atoms with Gasteiger partial charge in [0.1, 0.15) is 0 Å². The summed E-state index contributed by atoms with van der Waals surface area (Å²) in [5.41, 5.74) is -0.411. The number of piperazine rings is 1. The standard InChI is InChI=1S/C15H19F3N2O/c1-2-5-14(21)20-10-8-19(9-11-20)13-7-4-3-6-12(13)15(16,17)18/h3-4,6-7H,2,5,8-11H2,1H3. The molecule has 6 heteroatoms. The molecule has 1 heterocycles. The maximum absolute atomic E-state index is 13.0. The molecule has 1 fully saturated rings. The van der Waals surface area contributed by atoms with Crippen molar-refractivity contribution in [3.05, 3.63) is 29.8 Å². The second-order valence-electron chi connectivity index (χ2n) is 5.13. The molecule has 1 aliphatic heterocycles. The molecular formula is C15H19F3N2O. The average molecular weight is 300 g/mol. The Morgan fingerprint density at radius 1 is 1.14 bits per heavy atom. The topological polar surface area (TPSA) is 23.6 Å². The molecule has 0 saturated carbocycles. The molecular weight excluding hydrogens is 281 g/mol. The Bertz CT molecular complexity index is 494. The van der Waals surface area contributed by atoms with Gasteiger partial charge in [-0.3, -0.25) is 4.79 Å². The van der Waals surface area contributed by atoms with Gasteiger partial charge in [0.2, 0.25) is 5.91 Å². The predicted octanol–water partition coefficient (Wildman–Crippen LogP) is 3.15. The Hall–Kier alpha value is -1.72. The quantitative estimate of drug-likeness (QED) is 0.856. The van der Waals surface area contributed by atoms with Gasteiger partial charge in [0.05, 0.1) is 5.56 Å². The minimum absolute atomic E-state index is 0.0845. The van der Waals surface area contributed by atoms with Crippen LogP contribution in [-0.4, -0.2) is 37.0 Å². The van der Waals surface area contributed by atoms with E-state index in [4.69, 9.17) is 0 Å². The van der Waals surface area contributed by atoms with Crippen LogP contribution in [0.25, 0.3) is 0 Å². The molecule has 0 atom stereocenters. The molecule has 0 unspecified atom stereocenters. The number of carbonyl (C=O) groups excluding carboxylic acids is 1. The third-order valence-electron chi connectivity index (χ3n) is 3.65. The minimum atomic E-state index is -4.36. The Morgan fingerprint density at radius 2 is 1.76 bits per heavy atom. The molecule has 1 aromatic carbocycles. The van der Waals surface area contributed by atoms with Gasteiger partial charge < -0.3 is 9.80 Å². The summed E-state index contributed by atoms with van der Waals surface area (Å²) in [5, 5.41) is 0. The van der Waals surface area contributed by atoms with Gasteiger partial charge in [-0.15, -0.1) is 0 Å². The lowest BCUT2D eigenvalue weighted by atomic mass is 10.1. The lowest BCUT2D eigenvalue weighted by Gasteiger charge is -2.37. The van der Waals surface area contributed by atoms with Crippen LogP contribution in [-0.2, 0) is 11.0 Å². The summed E-state index contributed by atoms with van der Waals surface area (Å²) in [6.45, 7) is 3.76. The second-order valence-corrected chi connectivity index (χ2v) is 5.13. The number of anilines is 1. The van der Waals surface area contributed by atoms with Gasteiger partial charge in [-0.1, -0.05) is 19.1 Å². The van der Waals surface area contributed by atoms with Gasteiger partial charge >= 0.3 is 6.18 Å². The van der Waals surface area contributed by atoms with Gasteiger partial charge in [-0.2, -0.15) is 13.2 Å². The molecule has 1 aromatic rings. The molecule has 1 amide bonds. The summed E-state index contributed by atoms with van der Waals surface area (Å²) in [6.07, 6.45) is -3.07. The number of benzene rings is 1. The minimum Gasteiger partial charge on any atom is -0.367 e. The van der Waals surface area contributed by atoms with Crippen LogP contribution in [0.1, 0.15) is 25.3 Å². The molecule has 0 N–H and O–H groups in total. The van der Waals surface area contributed by atoms with E-state index in [1.807, 2.05) is 6.92 Å². The smallest absolute Gasteiger partial charge is 0.367 e. The van der Waals surface area contributed by atoms with E-state index >= 15 is 0 Å². The number of alkyl halides is 3. The van der Waals surface area contributed by atoms with Crippen molar-refractivity contribution in [2.24, 2.45) is 0 Å². The summed E-state index contributed by atoms with van der Waals surface area (Å²) in [7, 11) is 0. The van der Waals surface area contributed by atoms with Crippen LogP contribution in [0.2, 0.25) is 0 Å². The van der Waals surface area contributed by atoms with E-state index in [-0.39, 0.29) is 11.6 Å². The molecule has 0 aromatic heterocycles. The van der Waals surface area contributed by atoms with Crippen molar-refractivity contribution >= 4 is 11.6 Å². The van der Waals surface area contributed by atoms with Crippen molar-refractivity contribution in [2.75, 3.05) is 31.1 Å². The van der Waals surface area contributed by atoms with Crippen molar-refractivity contribution in [1.82, 2.24) is 4.90 Å². The van der Waals surface area contributed by atoms with Gasteiger partial charge in [-0.05, 0) is 18.6 Å². The molecule has 2 rings (SSSR count). The maximum Gasteiger partial charge on any atom is 0.418 e. The highest BCUT2D eigenvalue weighted by Gasteiger charge is 2.35. The highest BCUT2D eigenvalue weighted by Crippen LogP contribution is 2.36. The molecule has 3 nitrogen and oxygen atoms in total. The first-order valence-electron chi connectivity index (χ1n) is 7.12. The summed E-state index contributed by atoms with van der Waals surface area (Å²) < 4.78 is 39.1. The van der Waals surface area contributed by atoms with Crippen molar-refractivity contribution in [2.45, 2.75) is 25.9 Å². The third-order valence-corrected chi connectivity index (χ3v) is 3.65. The number of amides is 1. The number of para-hydroxylation sites is 1. The Morgan fingerprint density at radius 3 is 2.33 bits per heavy atom. The van der Waals surface area contributed by atoms with Gasteiger partial charge in [0.15, 0.2) is 0 Å². The monoisotopic (exact) mass is 300 g/mol. The molecule has 1 saturated heterocycles. The maximum atomic E-state index is 13.0. The summed E-state index contributed by atoms with van der Waals surface area (Å²) >= 11 is 0. The fourth-order valence-corrected chi connectivity index (χ4v) is 2.56. The number of nitrogens with zero attached hydrogens (tertiary/aromatic N) is 2. The summed E-state index contributed by atoms with van der Waals surface area (Å²) in [6, 6.07) is 5.60. The third kappa shape index (κ3) is 3.68. The molecule has 0 radical (unpaired) electrons. The van der Waals surface area contributed by atoms with Gasteiger partial charge in [0, 0.05) is 38.3 Å². The van der Waals surface area contributed by atoms with Crippen LogP contribution < -0.4 is 4.90 Å². The number of rotatable bonds is 3. The van der Waals surface area contributed by atoms with Crippen molar-refractivity contribution in [3.8, 4) is 0 Å². The van der Waals surface area contributed by atoms with Crippen LogP contribution in [0.5, 0.6) is 0 Å². The van der Waals surface area contributed by atoms with Gasteiger partial charge in [0.25, 0.3) is 0 Å². The van der Waals surface area contributed by atoms with Crippen LogP contribution in [0.4, 0.5) is 18.9 Å². The fraction of sp³-hybridized carbons (Fsp3) is 0.533. The average Bonchev–Trinajstić information content (AvgIpc) is 2.47. The largest absolute Gasteiger partial charge is 0.418 e. The van der Waals surface area contributed by atoms with Gasteiger partial charge in [-0.25, -0.2) is 0 Å². The van der Waals surface area contributed by atoms with Crippen molar-refractivity contribution in [3.63, 3.8) is 0 Å².